The molecule has 0 saturated carbocycles. The third-order valence-corrected chi connectivity index (χ3v) is 7.80. The van der Waals surface area contributed by atoms with E-state index in [9.17, 15) is 22.0 Å². The van der Waals surface area contributed by atoms with Crippen LogP contribution in [0.2, 0.25) is 0 Å². The fourth-order valence-corrected chi connectivity index (χ4v) is 5.87. The predicted molar refractivity (Wildman–Crippen MR) is 107 cm³/mol. The Kier molecular flexibility index (Phi) is 5.47. The van der Waals surface area contributed by atoms with Crippen molar-refractivity contribution in [1.29, 1.82) is 0 Å². The predicted octanol–water partition coefficient (Wildman–Crippen LogP) is 1.89. The second kappa shape index (κ2) is 7.77. The molecule has 2 saturated heterocycles. The molecule has 0 radical (unpaired) electrons. The van der Waals surface area contributed by atoms with E-state index in [4.69, 9.17) is 0 Å². The van der Waals surface area contributed by atoms with E-state index in [1.54, 1.807) is 4.90 Å². The number of rotatable bonds is 3. The largest absolute Gasteiger partial charge is 0.345 e. The standard InChI is InChI=1S/C18H22F2N4O3S2/c1-29(26,27)24-4-2-3-12(11-24)17(25)22-5-7-23(8-6-22)18-21-16-14(20)9-13(19)10-15(16)28-18/h9-10,12H,2-8,11H2,1H3. The van der Waals surface area contributed by atoms with Gasteiger partial charge in [0.1, 0.15) is 11.3 Å². The summed E-state index contributed by atoms with van der Waals surface area (Å²) in [6.07, 6.45) is 2.54. The first-order chi connectivity index (χ1) is 13.7. The summed E-state index contributed by atoms with van der Waals surface area (Å²) >= 11 is 1.23. The molecule has 1 atom stereocenters. The Bertz CT molecular complexity index is 1040. The van der Waals surface area contributed by atoms with Crippen molar-refractivity contribution in [3.63, 3.8) is 0 Å². The van der Waals surface area contributed by atoms with Gasteiger partial charge in [-0.3, -0.25) is 4.79 Å². The Morgan fingerprint density at radius 3 is 2.59 bits per heavy atom. The third kappa shape index (κ3) is 4.22. The molecule has 2 fully saturated rings. The minimum absolute atomic E-state index is 0.0181. The van der Waals surface area contributed by atoms with E-state index in [2.05, 4.69) is 4.98 Å². The van der Waals surface area contributed by atoms with E-state index in [0.717, 1.165) is 6.07 Å². The Labute approximate surface area is 172 Å². The number of sulfonamides is 1. The molecule has 2 aliphatic rings. The van der Waals surface area contributed by atoms with Gasteiger partial charge >= 0.3 is 0 Å². The molecule has 2 aromatic rings. The second-order valence-corrected chi connectivity index (χ2v) is 10.5. The highest BCUT2D eigenvalue weighted by atomic mass is 32.2. The highest BCUT2D eigenvalue weighted by Gasteiger charge is 2.34. The van der Waals surface area contributed by atoms with E-state index >= 15 is 0 Å². The summed E-state index contributed by atoms with van der Waals surface area (Å²) in [7, 11) is -3.30. The summed E-state index contributed by atoms with van der Waals surface area (Å²) in [6.45, 7) is 2.75. The summed E-state index contributed by atoms with van der Waals surface area (Å²) in [5.41, 5.74) is 0.160. The molecule has 0 N–H and O–H groups in total. The number of benzene rings is 1. The van der Waals surface area contributed by atoms with E-state index < -0.39 is 21.7 Å². The Balaban J connectivity index is 1.40. The third-order valence-electron chi connectivity index (χ3n) is 5.47. The van der Waals surface area contributed by atoms with Gasteiger partial charge in [-0.2, -0.15) is 0 Å². The van der Waals surface area contributed by atoms with Crippen molar-refractivity contribution in [2.24, 2.45) is 5.92 Å². The van der Waals surface area contributed by atoms with Crippen LogP contribution in [0.1, 0.15) is 12.8 Å². The van der Waals surface area contributed by atoms with Gasteiger partial charge in [0.05, 0.1) is 16.9 Å². The van der Waals surface area contributed by atoms with Gasteiger partial charge in [0, 0.05) is 45.3 Å². The topological polar surface area (TPSA) is 73.8 Å². The van der Waals surface area contributed by atoms with E-state index in [0.29, 0.717) is 55.4 Å². The molecule has 1 aromatic heterocycles. The lowest BCUT2D eigenvalue weighted by Crippen LogP contribution is -2.53. The Morgan fingerprint density at radius 1 is 1.17 bits per heavy atom. The molecule has 4 rings (SSSR count). The monoisotopic (exact) mass is 444 g/mol. The van der Waals surface area contributed by atoms with Gasteiger partial charge in [0.25, 0.3) is 0 Å². The van der Waals surface area contributed by atoms with Gasteiger partial charge in [-0.25, -0.2) is 26.5 Å². The highest BCUT2D eigenvalue weighted by Crippen LogP contribution is 2.32. The quantitative estimate of drug-likeness (QED) is 0.723. The Hall–Kier alpha value is -1.85. The van der Waals surface area contributed by atoms with Crippen LogP contribution in [0, 0.1) is 17.6 Å². The number of fused-ring (bicyclic) bond motifs is 1. The van der Waals surface area contributed by atoms with Crippen LogP contribution in [-0.2, 0) is 14.8 Å². The second-order valence-electron chi connectivity index (χ2n) is 7.50. The van der Waals surface area contributed by atoms with Gasteiger partial charge in [0.2, 0.25) is 15.9 Å². The van der Waals surface area contributed by atoms with Gasteiger partial charge in [-0.05, 0) is 18.9 Å². The molecule has 1 amide bonds. The minimum Gasteiger partial charge on any atom is -0.345 e. The van der Waals surface area contributed by atoms with Crippen LogP contribution in [0.4, 0.5) is 13.9 Å². The highest BCUT2D eigenvalue weighted by molar-refractivity contribution is 7.88. The summed E-state index contributed by atoms with van der Waals surface area (Å²) in [4.78, 5) is 20.9. The van der Waals surface area contributed by atoms with Crippen LogP contribution in [0.3, 0.4) is 0 Å². The molecule has 7 nitrogen and oxygen atoms in total. The number of piperazine rings is 1. The maximum Gasteiger partial charge on any atom is 0.227 e. The number of halogens is 2. The van der Waals surface area contributed by atoms with Crippen molar-refractivity contribution in [2.45, 2.75) is 12.8 Å². The minimum atomic E-state index is -3.30. The summed E-state index contributed by atoms with van der Waals surface area (Å²) in [5.74, 6) is -1.64. The van der Waals surface area contributed by atoms with Crippen LogP contribution >= 0.6 is 11.3 Å². The first kappa shape index (κ1) is 20.4. The molecule has 29 heavy (non-hydrogen) atoms. The van der Waals surface area contributed by atoms with Crippen molar-refractivity contribution < 1.29 is 22.0 Å². The van der Waals surface area contributed by atoms with Gasteiger partial charge < -0.3 is 9.80 Å². The number of hydrogen-bond donors (Lipinski definition) is 0. The van der Waals surface area contributed by atoms with Gasteiger partial charge in [0.15, 0.2) is 10.9 Å². The lowest BCUT2D eigenvalue weighted by molar-refractivity contribution is -0.137. The van der Waals surface area contributed by atoms with Crippen LogP contribution in [-0.4, -0.2) is 74.0 Å². The van der Waals surface area contributed by atoms with Crippen LogP contribution < -0.4 is 4.90 Å². The SMILES string of the molecule is CS(=O)(=O)N1CCCC(C(=O)N2CCN(c3nc4c(F)cc(F)cc4s3)CC2)C1. The molecule has 3 heterocycles. The maximum absolute atomic E-state index is 13.9. The maximum atomic E-state index is 13.9. The Morgan fingerprint density at radius 2 is 1.90 bits per heavy atom. The molecule has 1 aromatic carbocycles. The van der Waals surface area contributed by atoms with Crippen molar-refractivity contribution in [1.82, 2.24) is 14.2 Å². The average Bonchev–Trinajstić information content (AvgIpc) is 3.11. The van der Waals surface area contributed by atoms with E-state index in [1.807, 2.05) is 4.90 Å². The van der Waals surface area contributed by atoms with Crippen LogP contribution in [0.25, 0.3) is 10.2 Å². The zero-order valence-corrected chi connectivity index (χ0v) is 17.6. The zero-order valence-electron chi connectivity index (χ0n) is 16.0. The number of nitrogens with zero attached hydrogens (tertiary/aromatic N) is 4. The molecule has 0 spiro atoms. The van der Waals surface area contributed by atoms with Crippen molar-refractivity contribution in [3.05, 3.63) is 23.8 Å². The summed E-state index contributed by atoms with van der Waals surface area (Å²) in [5, 5.41) is 0.609. The summed E-state index contributed by atoms with van der Waals surface area (Å²) < 4.78 is 52.7. The number of piperidine rings is 1. The fourth-order valence-electron chi connectivity index (χ4n) is 3.90. The molecule has 1 unspecified atom stereocenters. The number of amides is 1. The number of carbonyl (C=O) groups is 1. The molecule has 11 heteroatoms. The number of thiazole rings is 1. The van der Waals surface area contributed by atoms with Gasteiger partial charge in [-0.15, -0.1) is 0 Å². The normalized spacial score (nSPS) is 21.7. The number of anilines is 1. The van der Waals surface area contributed by atoms with E-state index in [-0.39, 0.29) is 23.9 Å². The van der Waals surface area contributed by atoms with Crippen LogP contribution in [0.15, 0.2) is 12.1 Å². The molecular weight excluding hydrogens is 422 g/mol. The van der Waals surface area contributed by atoms with E-state index in [1.165, 1.54) is 28.0 Å². The number of aromatic nitrogens is 1. The number of carbonyl (C=O) groups excluding carboxylic acids is 1. The van der Waals surface area contributed by atoms with Crippen LogP contribution in [0.5, 0.6) is 0 Å². The average molecular weight is 445 g/mol. The summed E-state index contributed by atoms with van der Waals surface area (Å²) in [6, 6.07) is 2.10. The van der Waals surface area contributed by atoms with Crippen molar-refractivity contribution in [2.75, 3.05) is 50.4 Å². The lowest BCUT2D eigenvalue weighted by Gasteiger charge is -2.38. The molecule has 158 valence electrons. The first-order valence-electron chi connectivity index (χ1n) is 9.47. The number of hydrogen-bond acceptors (Lipinski definition) is 6. The molecular formula is C18H22F2N4O3S2. The zero-order chi connectivity index (χ0) is 20.8. The van der Waals surface area contributed by atoms with Gasteiger partial charge in [-0.1, -0.05) is 11.3 Å². The molecule has 0 aliphatic carbocycles. The smallest absolute Gasteiger partial charge is 0.227 e. The fraction of sp³-hybridized carbons (Fsp3) is 0.556. The molecule has 2 aliphatic heterocycles. The first-order valence-corrected chi connectivity index (χ1v) is 12.1. The molecule has 0 bridgehead atoms. The van der Waals surface area contributed by atoms with Crippen molar-refractivity contribution >= 4 is 42.6 Å². The lowest BCUT2D eigenvalue weighted by atomic mass is 9.98. The van der Waals surface area contributed by atoms with Crippen molar-refractivity contribution in [3.8, 4) is 0 Å².